The SMILES string of the molecule is Cc1ccc(-c2n[nH]c(=S)n2CC(=O)NCCCOC2CCCCC2)cc1. The topological polar surface area (TPSA) is 71.9 Å². The Morgan fingerprint density at radius 3 is 2.78 bits per heavy atom. The Morgan fingerprint density at radius 2 is 2.04 bits per heavy atom. The third kappa shape index (κ3) is 5.74. The van der Waals surface area contributed by atoms with Gasteiger partial charge in [-0.25, -0.2) is 0 Å². The molecule has 2 aromatic rings. The van der Waals surface area contributed by atoms with Gasteiger partial charge in [0.2, 0.25) is 5.91 Å². The average molecular weight is 389 g/mol. The standard InChI is InChI=1S/C20H28N4O2S/c1-15-8-10-16(11-9-15)19-22-23-20(27)24(19)14-18(25)21-12-5-13-26-17-6-3-2-4-7-17/h8-11,17H,2-7,12-14H2,1H3,(H,21,25)(H,23,27). The van der Waals surface area contributed by atoms with E-state index in [0.717, 1.165) is 12.0 Å². The number of hydrogen-bond donors (Lipinski definition) is 2. The zero-order chi connectivity index (χ0) is 19.1. The van der Waals surface area contributed by atoms with Gasteiger partial charge in [-0.1, -0.05) is 49.1 Å². The number of aryl methyl sites for hydroxylation is 1. The van der Waals surface area contributed by atoms with Crippen LogP contribution in [0.3, 0.4) is 0 Å². The van der Waals surface area contributed by atoms with Crippen LogP contribution in [0.4, 0.5) is 0 Å². The van der Waals surface area contributed by atoms with E-state index >= 15 is 0 Å². The molecule has 1 aliphatic rings. The summed E-state index contributed by atoms with van der Waals surface area (Å²) in [4.78, 5) is 12.3. The minimum absolute atomic E-state index is 0.0708. The molecule has 146 valence electrons. The largest absolute Gasteiger partial charge is 0.378 e. The van der Waals surface area contributed by atoms with Crippen molar-refractivity contribution in [2.75, 3.05) is 13.2 Å². The molecular formula is C20H28N4O2S. The van der Waals surface area contributed by atoms with Crippen molar-refractivity contribution in [3.05, 3.63) is 34.6 Å². The number of H-pyrrole nitrogens is 1. The summed E-state index contributed by atoms with van der Waals surface area (Å²) >= 11 is 5.29. The van der Waals surface area contributed by atoms with Gasteiger partial charge in [0.15, 0.2) is 10.6 Å². The van der Waals surface area contributed by atoms with E-state index in [4.69, 9.17) is 17.0 Å². The lowest BCUT2D eigenvalue weighted by molar-refractivity contribution is -0.121. The first-order valence-corrected chi connectivity index (χ1v) is 10.1. The van der Waals surface area contributed by atoms with Crippen LogP contribution in [0.15, 0.2) is 24.3 Å². The van der Waals surface area contributed by atoms with Crippen molar-refractivity contribution < 1.29 is 9.53 Å². The Hall–Kier alpha value is -1.99. The van der Waals surface area contributed by atoms with Gasteiger partial charge in [0, 0.05) is 18.7 Å². The molecule has 0 spiro atoms. The molecule has 1 fully saturated rings. The molecule has 0 unspecified atom stereocenters. The van der Waals surface area contributed by atoms with Crippen LogP contribution in [-0.2, 0) is 16.1 Å². The molecule has 0 radical (unpaired) electrons. The fourth-order valence-corrected chi connectivity index (χ4v) is 3.57. The highest BCUT2D eigenvalue weighted by atomic mass is 32.1. The Balaban J connectivity index is 1.46. The number of nitrogens with one attached hydrogen (secondary N) is 2. The van der Waals surface area contributed by atoms with Gasteiger partial charge in [0.1, 0.15) is 6.54 Å². The number of ether oxygens (including phenoxy) is 1. The molecule has 0 saturated heterocycles. The highest BCUT2D eigenvalue weighted by Gasteiger charge is 2.14. The van der Waals surface area contributed by atoms with E-state index in [9.17, 15) is 4.79 Å². The van der Waals surface area contributed by atoms with Crippen molar-refractivity contribution in [2.45, 2.75) is 58.1 Å². The number of hydrogen-bond acceptors (Lipinski definition) is 4. The normalized spacial score (nSPS) is 15.0. The van der Waals surface area contributed by atoms with Crippen molar-refractivity contribution >= 4 is 18.1 Å². The van der Waals surface area contributed by atoms with E-state index in [1.165, 1.54) is 37.7 Å². The Kier molecular flexibility index (Phi) is 7.18. The van der Waals surface area contributed by atoms with Crippen molar-refractivity contribution in [2.24, 2.45) is 0 Å². The van der Waals surface area contributed by atoms with Gasteiger partial charge in [-0.3, -0.25) is 14.5 Å². The molecule has 0 aliphatic heterocycles. The third-order valence-electron chi connectivity index (χ3n) is 4.92. The summed E-state index contributed by atoms with van der Waals surface area (Å²) in [6.07, 6.45) is 7.46. The van der Waals surface area contributed by atoms with Gasteiger partial charge in [-0.15, -0.1) is 0 Å². The molecule has 1 aromatic carbocycles. The number of aromatic nitrogens is 3. The van der Waals surface area contributed by atoms with Gasteiger partial charge in [0.05, 0.1) is 6.10 Å². The van der Waals surface area contributed by atoms with Crippen molar-refractivity contribution in [1.82, 2.24) is 20.1 Å². The summed E-state index contributed by atoms with van der Waals surface area (Å²) in [7, 11) is 0. The van der Waals surface area contributed by atoms with E-state index < -0.39 is 0 Å². The summed E-state index contributed by atoms with van der Waals surface area (Å²) in [5.74, 6) is 0.606. The lowest BCUT2D eigenvalue weighted by Gasteiger charge is -2.21. The van der Waals surface area contributed by atoms with Crippen LogP contribution >= 0.6 is 12.2 Å². The molecule has 3 rings (SSSR count). The smallest absolute Gasteiger partial charge is 0.240 e. The minimum atomic E-state index is -0.0708. The molecule has 7 heteroatoms. The first-order chi connectivity index (χ1) is 13.1. The Labute approximate surface area is 165 Å². The van der Waals surface area contributed by atoms with E-state index in [1.807, 2.05) is 31.2 Å². The van der Waals surface area contributed by atoms with Crippen molar-refractivity contribution in [1.29, 1.82) is 0 Å². The third-order valence-corrected chi connectivity index (χ3v) is 5.23. The van der Waals surface area contributed by atoms with E-state index in [-0.39, 0.29) is 12.5 Å². The molecule has 2 N–H and O–H groups in total. The maximum Gasteiger partial charge on any atom is 0.240 e. The fourth-order valence-electron chi connectivity index (χ4n) is 3.37. The zero-order valence-electron chi connectivity index (χ0n) is 15.9. The van der Waals surface area contributed by atoms with Gasteiger partial charge in [-0.2, -0.15) is 5.10 Å². The second-order valence-electron chi connectivity index (χ2n) is 7.14. The number of amides is 1. The number of rotatable bonds is 8. The van der Waals surface area contributed by atoms with Gasteiger partial charge in [-0.05, 0) is 38.4 Å². The van der Waals surface area contributed by atoms with Crippen molar-refractivity contribution in [3.63, 3.8) is 0 Å². The molecule has 27 heavy (non-hydrogen) atoms. The fraction of sp³-hybridized carbons (Fsp3) is 0.550. The maximum absolute atomic E-state index is 12.3. The molecule has 1 amide bonds. The minimum Gasteiger partial charge on any atom is -0.378 e. The van der Waals surface area contributed by atoms with Crippen molar-refractivity contribution in [3.8, 4) is 11.4 Å². The molecule has 6 nitrogen and oxygen atoms in total. The summed E-state index contributed by atoms with van der Waals surface area (Å²) in [6, 6.07) is 8.00. The average Bonchev–Trinajstić information content (AvgIpc) is 3.03. The van der Waals surface area contributed by atoms with Crippen LogP contribution in [0.25, 0.3) is 11.4 Å². The van der Waals surface area contributed by atoms with Crippen LogP contribution in [0.5, 0.6) is 0 Å². The highest BCUT2D eigenvalue weighted by Crippen LogP contribution is 2.20. The molecular weight excluding hydrogens is 360 g/mol. The second kappa shape index (κ2) is 9.80. The zero-order valence-corrected chi connectivity index (χ0v) is 16.7. The van der Waals surface area contributed by atoms with E-state index in [1.54, 1.807) is 4.57 Å². The summed E-state index contributed by atoms with van der Waals surface area (Å²) in [6.45, 7) is 3.50. The Morgan fingerprint density at radius 1 is 1.30 bits per heavy atom. The summed E-state index contributed by atoms with van der Waals surface area (Å²) < 4.78 is 8.06. The van der Waals surface area contributed by atoms with Crippen LogP contribution in [-0.4, -0.2) is 39.9 Å². The van der Waals surface area contributed by atoms with E-state index in [0.29, 0.717) is 29.9 Å². The molecule has 1 saturated carbocycles. The van der Waals surface area contributed by atoms with E-state index in [2.05, 4.69) is 15.5 Å². The lowest BCUT2D eigenvalue weighted by atomic mass is 9.98. The molecule has 1 heterocycles. The quantitative estimate of drug-likeness (QED) is 0.533. The lowest BCUT2D eigenvalue weighted by Crippen LogP contribution is -2.29. The van der Waals surface area contributed by atoms with Gasteiger partial charge < -0.3 is 10.1 Å². The summed E-state index contributed by atoms with van der Waals surface area (Å²) in [5.41, 5.74) is 2.11. The number of benzene rings is 1. The monoisotopic (exact) mass is 388 g/mol. The molecule has 1 aromatic heterocycles. The molecule has 1 aliphatic carbocycles. The van der Waals surface area contributed by atoms with Crippen LogP contribution in [0, 0.1) is 11.7 Å². The Bertz CT molecular complexity index is 791. The predicted molar refractivity (Wildman–Crippen MR) is 108 cm³/mol. The number of carbonyl (C=O) groups excluding carboxylic acids is 1. The van der Waals surface area contributed by atoms with Crippen LogP contribution < -0.4 is 5.32 Å². The van der Waals surface area contributed by atoms with Crippen LogP contribution in [0.1, 0.15) is 44.1 Å². The van der Waals surface area contributed by atoms with Gasteiger partial charge in [0.25, 0.3) is 0 Å². The maximum atomic E-state index is 12.3. The number of nitrogens with zero attached hydrogens (tertiary/aromatic N) is 2. The first kappa shape index (κ1) is 19.8. The summed E-state index contributed by atoms with van der Waals surface area (Å²) in [5, 5.41) is 10.0. The van der Waals surface area contributed by atoms with Gasteiger partial charge >= 0.3 is 0 Å². The second-order valence-corrected chi connectivity index (χ2v) is 7.53. The molecule has 0 atom stereocenters. The number of aromatic amines is 1. The highest BCUT2D eigenvalue weighted by molar-refractivity contribution is 7.71. The first-order valence-electron chi connectivity index (χ1n) is 9.74. The number of carbonyl (C=O) groups is 1. The van der Waals surface area contributed by atoms with Crippen LogP contribution in [0.2, 0.25) is 0 Å². The molecule has 0 bridgehead atoms. The predicted octanol–water partition coefficient (Wildman–Crippen LogP) is 3.77.